The molecular weight excluding hydrogens is 290 g/mol. The molecule has 0 bridgehead atoms. The predicted molar refractivity (Wildman–Crippen MR) is 90.6 cm³/mol. The second kappa shape index (κ2) is 6.50. The van der Waals surface area contributed by atoms with Gasteiger partial charge in [-0.1, -0.05) is 13.8 Å². The molecule has 0 saturated carbocycles. The summed E-state index contributed by atoms with van der Waals surface area (Å²) >= 11 is 0. The number of pyridine rings is 1. The van der Waals surface area contributed by atoms with Crippen LogP contribution >= 0.6 is 0 Å². The molecule has 2 heterocycles. The Hall–Kier alpha value is -2.21. The van der Waals surface area contributed by atoms with Crippen LogP contribution in [0.1, 0.15) is 35.6 Å². The van der Waals surface area contributed by atoms with E-state index in [0.717, 1.165) is 11.4 Å². The zero-order valence-electron chi connectivity index (χ0n) is 14.5. The Balaban J connectivity index is 2.16. The Morgan fingerprint density at radius 3 is 2.52 bits per heavy atom. The number of carbonyl (C=O) groups is 1. The number of hydrogen-bond donors (Lipinski definition) is 1. The lowest BCUT2D eigenvalue weighted by Gasteiger charge is -2.29. The maximum atomic E-state index is 12.5. The van der Waals surface area contributed by atoms with Crippen LogP contribution in [0.25, 0.3) is 5.82 Å². The van der Waals surface area contributed by atoms with E-state index in [9.17, 15) is 4.79 Å². The van der Waals surface area contributed by atoms with Crippen LogP contribution in [-0.2, 0) is 0 Å². The number of hydrogen-bond acceptors (Lipinski definition) is 4. The number of nitrogens with two attached hydrogens (primary N) is 1. The highest BCUT2D eigenvalue weighted by Gasteiger charge is 2.22. The quantitative estimate of drug-likeness (QED) is 0.915. The van der Waals surface area contributed by atoms with E-state index in [-0.39, 0.29) is 11.3 Å². The normalized spacial score (nSPS) is 11.6. The summed E-state index contributed by atoms with van der Waals surface area (Å²) in [5, 5.41) is 4.39. The lowest BCUT2D eigenvalue weighted by atomic mass is 9.93. The summed E-state index contributed by atoms with van der Waals surface area (Å²) in [4.78, 5) is 18.5. The standard InChI is InChI=1S/C17H25N5O/c1-12-8-13(2)22(20-12)15-7-6-14(9-19-15)16(23)21(5)11-17(3,4)10-18/h6-9H,10-11,18H2,1-5H3. The van der Waals surface area contributed by atoms with Crippen molar-refractivity contribution in [3.8, 4) is 5.82 Å². The summed E-state index contributed by atoms with van der Waals surface area (Å²) in [6.45, 7) is 9.13. The summed E-state index contributed by atoms with van der Waals surface area (Å²) in [7, 11) is 1.79. The van der Waals surface area contributed by atoms with E-state index in [1.54, 1.807) is 28.9 Å². The highest BCUT2D eigenvalue weighted by Crippen LogP contribution is 2.16. The first kappa shape index (κ1) is 17.1. The molecule has 6 heteroatoms. The third-order valence-electron chi connectivity index (χ3n) is 3.79. The number of amides is 1. The van der Waals surface area contributed by atoms with Crippen molar-refractivity contribution in [3.63, 3.8) is 0 Å². The zero-order chi connectivity index (χ0) is 17.2. The molecule has 0 spiro atoms. The lowest BCUT2D eigenvalue weighted by Crippen LogP contribution is -2.39. The summed E-state index contributed by atoms with van der Waals surface area (Å²) in [6.07, 6.45) is 1.60. The highest BCUT2D eigenvalue weighted by molar-refractivity contribution is 5.93. The molecular formula is C17H25N5O. The van der Waals surface area contributed by atoms with Crippen molar-refractivity contribution in [3.05, 3.63) is 41.3 Å². The smallest absolute Gasteiger partial charge is 0.255 e. The molecule has 0 atom stereocenters. The molecule has 0 aliphatic rings. The van der Waals surface area contributed by atoms with Crippen molar-refractivity contribution in [1.29, 1.82) is 0 Å². The highest BCUT2D eigenvalue weighted by atomic mass is 16.2. The zero-order valence-corrected chi connectivity index (χ0v) is 14.5. The Kier molecular flexibility index (Phi) is 4.85. The second-order valence-electron chi connectivity index (χ2n) is 6.77. The SMILES string of the molecule is Cc1cc(C)n(-c2ccc(C(=O)N(C)CC(C)(C)CN)cn2)n1. The number of nitrogens with zero attached hydrogens (tertiary/aromatic N) is 4. The lowest BCUT2D eigenvalue weighted by molar-refractivity contribution is 0.0740. The van der Waals surface area contributed by atoms with Crippen LogP contribution in [0.5, 0.6) is 0 Å². The van der Waals surface area contributed by atoms with Crippen LogP contribution in [0.4, 0.5) is 0 Å². The Morgan fingerprint density at radius 1 is 1.35 bits per heavy atom. The van der Waals surface area contributed by atoms with E-state index >= 15 is 0 Å². The van der Waals surface area contributed by atoms with Crippen LogP contribution in [0.2, 0.25) is 0 Å². The van der Waals surface area contributed by atoms with Gasteiger partial charge >= 0.3 is 0 Å². The second-order valence-corrected chi connectivity index (χ2v) is 6.77. The molecule has 6 nitrogen and oxygen atoms in total. The molecule has 1 amide bonds. The maximum absolute atomic E-state index is 12.5. The van der Waals surface area contributed by atoms with Gasteiger partial charge in [0.05, 0.1) is 11.3 Å². The van der Waals surface area contributed by atoms with Crippen molar-refractivity contribution in [1.82, 2.24) is 19.7 Å². The van der Waals surface area contributed by atoms with E-state index in [0.29, 0.717) is 24.5 Å². The molecule has 2 aromatic rings. The fraction of sp³-hybridized carbons (Fsp3) is 0.471. The van der Waals surface area contributed by atoms with E-state index in [2.05, 4.69) is 10.1 Å². The Morgan fingerprint density at radius 2 is 2.04 bits per heavy atom. The maximum Gasteiger partial charge on any atom is 0.255 e. The third-order valence-corrected chi connectivity index (χ3v) is 3.79. The van der Waals surface area contributed by atoms with E-state index in [4.69, 9.17) is 5.73 Å². The molecule has 23 heavy (non-hydrogen) atoms. The van der Waals surface area contributed by atoms with Gasteiger partial charge in [0.15, 0.2) is 5.82 Å². The van der Waals surface area contributed by atoms with Gasteiger partial charge in [-0.3, -0.25) is 4.79 Å². The van der Waals surface area contributed by atoms with Crippen molar-refractivity contribution < 1.29 is 4.79 Å². The molecule has 2 aromatic heterocycles. The summed E-state index contributed by atoms with van der Waals surface area (Å²) in [6, 6.07) is 5.59. The minimum absolute atomic E-state index is 0.0565. The molecule has 2 N–H and O–H groups in total. The first-order valence-electron chi connectivity index (χ1n) is 7.69. The van der Waals surface area contributed by atoms with E-state index in [1.165, 1.54) is 0 Å². The summed E-state index contributed by atoms with van der Waals surface area (Å²) in [5.41, 5.74) is 8.13. The molecule has 0 saturated heterocycles. The third kappa shape index (κ3) is 3.96. The van der Waals surface area contributed by atoms with Gasteiger partial charge < -0.3 is 10.6 Å². The van der Waals surface area contributed by atoms with Gasteiger partial charge in [0.2, 0.25) is 0 Å². The van der Waals surface area contributed by atoms with Crippen LogP contribution in [0.15, 0.2) is 24.4 Å². The minimum Gasteiger partial charge on any atom is -0.341 e. The molecule has 0 radical (unpaired) electrons. The summed E-state index contributed by atoms with van der Waals surface area (Å²) < 4.78 is 1.77. The first-order valence-corrected chi connectivity index (χ1v) is 7.69. The minimum atomic E-state index is -0.110. The first-order chi connectivity index (χ1) is 10.7. The van der Waals surface area contributed by atoms with Crippen molar-refractivity contribution in [2.45, 2.75) is 27.7 Å². The number of aromatic nitrogens is 3. The average molecular weight is 315 g/mol. The number of aryl methyl sites for hydroxylation is 2. The topological polar surface area (TPSA) is 77.0 Å². The Bertz CT molecular complexity index is 688. The van der Waals surface area contributed by atoms with Gasteiger partial charge in [-0.2, -0.15) is 5.10 Å². The van der Waals surface area contributed by atoms with E-state index in [1.807, 2.05) is 39.8 Å². The van der Waals surface area contributed by atoms with Gasteiger partial charge in [-0.15, -0.1) is 0 Å². The van der Waals surface area contributed by atoms with Crippen molar-refractivity contribution in [2.75, 3.05) is 20.1 Å². The molecule has 2 rings (SSSR count). The average Bonchev–Trinajstić information content (AvgIpc) is 2.85. The molecule has 0 unspecified atom stereocenters. The van der Waals surface area contributed by atoms with Gasteiger partial charge in [0.25, 0.3) is 5.91 Å². The molecule has 124 valence electrons. The molecule has 0 aromatic carbocycles. The van der Waals surface area contributed by atoms with Crippen molar-refractivity contribution in [2.24, 2.45) is 11.1 Å². The number of rotatable bonds is 5. The molecule has 0 fully saturated rings. The summed E-state index contributed by atoms with van der Waals surface area (Å²) in [5.74, 6) is 0.649. The molecule has 0 aliphatic carbocycles. The van der Waals surface area contributed by atoms with Crippen molar-refractivity contribution >= 4 is 5.91 Å². The fourth-order valence-electron chi connectivity index (χ4n) is 2.50. The van der Waals surface area contributed by atoms with Gasteiger partial charge in [-0.25, -0.2) is 9.67 Å². The predicted octanol–water partition coefficient (Wildman–Crippen LogP) is 1.94. The number of carbonyl (C=O) groups excluding carboxylic acids is 1. The monoisotopic (exact) mass is 315 g/mol. The molecule has 0 aliphatic heterocycles. The van der Waals surface area contributed by atoms with Gasteiger partial charge in [-0.05, 0) is 44.0 Å². The van der Waals surface area contributed by atoms with Gasteiger partial charge in [0, 0.05) is 25.5 Å². The largest absolute Gasteiger partial charge is 0.341 e. The fourth-order valence-corrected chi connectivity index (χ4v) is 2.50. The van der Waals surface area contributed by atoms with Crippen LogP contribution in [-0.4, -0.2) is 45.7 Å². The van der Waals surface area contributed by atoms with Crippen LogP contribution in [0.3, 0.4) is 0 Å². The van der Waals surface area contributed by atoms with Crippen LogP contribution in [0, 0.1) is 19.3 Å². The van der Waals surface area contributed by atoms with Gasteiger partial charge in [0.1, 0.15) is 0 Å². The Labute approximate surface area is 137 Å². The van der Waals surface area contributed by atoms with E-state index < -0.39 is 0 Å². The van der Waals surface area contributed by atoms with Crippen LogP contribution < -0.4 is 5.73 Å².